The second kappa shape index (κ2) is 8.26. The Balaban J connectivity index is 1.96. The highest BCUT2D eigenvalue weighted by Gasteiger charge is 2.24. The van der Waals surface area contributed by atoms with E-state index in [0.717, 1.165) is 16.6 Å². The first-order valence-corrected chi connectivity index (χ1v) is 10.8. The van der Waals surface area contributed by atoms with Crippen LogP contribution in [0.5, 0.6) is 5.75 Å². The predicted octanol–water partition coefficient (Wildman–Crippen LogP) is 3.77. The van der Waals surface area contributed by atoms with Crippen molar-refractivity contribution in [3.63, 3.8) is 0 Å². The molecule has 3 rings (SSSR count). The summed E-state index contributed by atoms with van der Waals surface area (Å²) >= 11 is 0. The summed E-state index contributed by atoms with van der Waals surface area (Å²) in [6, 6.07) is 11.8. The molecule has 3 aromatic rings. The van der Waals surface area contributed by atoms with Gasteiger partial charge in [-0.25, -0.2) is 8.42 Å². The van der Waals surface area contributed by atoms with Crippen LogP contribution in [0.15, 0.2) is 47.4 Å². The summed E-state index contributed by atoms with van der Waals surface area (Å²) in [6.07, 6.45) is 0. The minimum atomic E-state index is -3.69. The van der Waals surface area contributed by atoms with Crippen LogP contribution in [-0.4, -0.2) is 43.8 Å². The second-order valence-electron chi connectivity index (χ2n) is 6.66. The van der Waals surface area contributed by atoms with Gasteiger partial charge in [-0.2, -0.15) is 4.31 Å². The van der Waals surface area contributed by atoms with E-state index in [1.54, 1.807) is 19.9 Å². The maximum Gasteiger partial charge on any atom is 0.259 e. The molecule has 7 nitrogen and oxygen atoms in total. The van der Waals surface area contributed by atoms with Gasteiger partial charge in [0.1, 0.15) is 5.75 Å². The molecule has 29 heavy (non-hydrogen) atoms. The molecule has 0 unspecified atom stereocenters. The second-order valence-corrected chi connectivity index (χ2v) is 8.60. The van der Waals surface area contributed by atoms with Crippen LogP contribution in [0.2, 0.25) is 0 Å². The highest BCUT2D eigenvalue weighted by molar-refractivity contribution is 7.89. The van der Waals surface area contributed by atoms with Gasteiger partial charge in [-0.1, -0.05) is 13.8 Å². The summed E-state index contributed by atoms with van der Waals surface area (Å²) in [4.78, 5) is 16.2. The van der Waals surface area contributed by atoms with Gasteiger partial charge < -0.3 is 15.0 Å². The molecule has 0 fully saturated rings. The van der Waals surface area contributed by atoms with Crippen LogP contribution in [0.4, 0.5) is 5.69 Å². The van der Waals surface area contributed by atoms with E-state index in [4.69, 9.17) is 4.74 Å². The normalized spacial score (nSPS) is 11.8. The Bertz CT molecular complexity index is 1150. The first-order chi connectivity index (χ1) is 13.8. The van der Waals surface area contributed by atoms with E-state index in [2.05, 4.69) is 10.3 Å². The van der Waals surface area contributed by atoms with E-state index in [-0.39, 0.29) is 10.5 Å². The Morgan fingerprint density at radius 3 is 2.48 bits per heavy atom. The van der Waals surface area contributed by atoms with Gasteiger partial charge in [0.2, 0.25) is 10.0 Å². The van der Waals surface area contributed by atoms with Crippen molar-refractivity contribution < 1.29 is 17.9 Å². The van der Waals surface area contributed by atoms with Crippen molar-refractivity contribution >= 4 is 32.5 Å². The van der Waals surface area contributed by atoms with Crippen LogP contribution in [-0.2, 0) is 10.0 Å². The standard InChI is InChI=1S/C21H25N3O4S/c1-5-24(6-2)29(26,27)17-8-10-20(28-4)18(13-17)21(25)23-16-7-9-19-15(12-16)11-14(3)22-19/h7-13,22H,5-6H2,1-4H3,(H,23,25). The quantitative estimate of drug-likeness (QED) is 0.614. The SMILES string of the molecule is CCN(CC)S(=O)(=O)c1ccc(OC)c(C(=O)Nc2ccc3[nH]c(C)cc3c2)c1. The van der Waals surface area contributed by atoms with Crippen molar-refractivity contribution in [1.29, 1.82) is 0 Å². The first kappa shape index (κ1) is 20.9. The van der Waals surface area contributed by atoms with Gasteiger partial charge in [-0.3, -0.25) is 4.79 Å². The molecule has 2 aromatic carbocycles. The number of hydrogen-bond acceptors (Lipinski definition) is 4. The number of aromatic nitrogens is 1. The molecule has 0 aliphatic carbocycles. The largest absolute Gasteiger partial charge is 0.496 e. The van der Waals surface area contributed by atoms with Gasteiger partial charge in [0.15, 0.2) is 0 Å². The van der Waals surface area contributed by atoms with Gasteiger partial charge >= 0.3 is 0 Å². The molecule has 1 amide bonds. The monoisotopic (exact) mass is 415 g/mol. The van der Waals surface area contributed by atoms with Crippen molar-refractivity contribution in [2.75, 3.05) is 25.5 Å². The molecule has 0 bridgehead atoms. The van der Waals surface area contributed by atoms with Gasteiger partial charge in [0.05, 0.1) is 17.6 Å². The smallest absolute Gasteiger partial charge is 0.259 e. The van der Waals surface area contributed by atoms with Crippen molar-refractivity contribution in [1.82, 2.24) is 9.29 Å². The lowest BCUT2D eigenvalue weighted by Crippen LogP contribution is -2.30. The van der Waals surface area contributed by atoms with Crippen LogP contribution in [0.25, 0.3) is 10.9 Å². The number of carbonyl (C=O) groups excluding carboxylic acids is 1. The maximum absolute atomic E-state index is 12.9. The molecule has 0 radical (unpaired) electrons. The molecule has 0 aliphatic rings. The van der Waals surface area contributed by atoms with Crippen molar-refractivity contribution in [2.24, 2.45) is 0 Å². The molecule has 0 saturated heterocycles. The third-order valence-electron chi connectivity index (χ3n) is 4.77. The number of H-pyrrole nitrogens is 1. The number of amides is 1. The number of aryl methyl sites for hydroxylation is 1. The van der Waals surface area contributed by atoms with E-state index in [0.29, 0.717) is 24.5 Å². The van der Waals surface area contributed by atoms with E-state index in [1.165, 1.54) is 29.6 Å². The topological polar surface area (TPSA) is 91.5 Å². The highest BCUT2D eigenvalue weighted by atomic mass is 32.2. The number of sulfonamides is 1. The van der Waals surface area contributed by atoms with Crippen LogP contribution >= 0.6 is 0 Å². The zero-order valence-electron chi connectivity index (χ0n) is 16.9. The number of nitrogens with one attached hydrogen (secondary N) is 2. The lowest BCUT2D eigenvalue weighted by atomic mass is 10.1. The number of rotatable bonds is 7. The van der Waals surface area contributed by atoms with Gasteiger partial charge in [-0.15, -0.1) is 0 Å². The number of ether oxygens (including phenoxy) is 1. The average Bonchev–Trinajstić information content (AvgIpc) is 3.07. The number of anilines is 1. The Labute approximate surface area is 170 Å². The van der Waals surface area contributed by atoms with E-state index >= 15 is 0 Å². The van der Waals surface area contributed by atoms with Crippen molar-refractivity contribution in [3.8, 4) is 5.75 Å². The van der Waals surface area contributed by atoms with Crippen LogP contribution in [0.1, 0.15) is 29.9 Å². The molecular formula is C21H25N3O4S. The van der Waals surface area contributed by atoms with E-state index in [9.17, 15) is 13.2 Å². The Morgan fingerprint density at radius 2 is 1.83 bits per heavy atom. The van der Waals surface area contributed by atoms with Crippen molar-refractivity contribution in [2.45, 2.75) is 25.7 Å². The molecule has 1 heterocycles. The Kier molecular flexibility index (Phi) is 5.95. The molecule has 0 saturated carbocycles. The minimum Gasteiger partial charge on any atom is -0.496 e. The Hall–Kier alpha value is -2.84. The number of carbonyl (C=O) groups is 1. The number of fused-ring (bicyclic) bond motifs is 1. The third kappa shape index (κ3) is 4.13. The molecule has 1 aromatic heterocycles. The van der Waals surface area contributed by atoms with Gasteiger partial charge in [0, 0.05) is 35.4 Å². The van der Waals surface area contributed by atoms with E-state index < -0.39 is 15.9 Å². The fraction of sp³-hybridized carbons (Fsp3) is 0.286. The molecule has 154 valence electrons. The summed E-state index contributed by atoms with van der Waals surface area (Å²) < 4.78 is 32.3. The lowest BCUT2D eigenvalue weighted by Gasteiger charge is -2.19. The zero-order chi connectivity index (χ0) is 21.2. The maximum atomic E-state index is 12.9. The molecule has 0 atom stereocenters. The zero-order valence-corrected chi connectivity index (χ0v) is 17.8. The summed E-state index contributed by atoms with van der Waals surface area (Å²) in [6.45, 7) is 6.21. The molecule has 2 N–H and O–H groups in total. The fourth-order valence-electron chi connectivity index (χ4n) is 3.29. The van der Waals surface area contributed by atoms with Crippen LogP contribution < -0.4 is 10.1 Å². The molecule has 8 heteroatoms. The summed E-state index contributed by atoms with van der Waals surface area (Å²) in [5.74, 6) is -0.135. The summed E-state index contributed by atoms with van der Waals surface area (Å²) in [5.41, 5.74) is 2.77. The van der Waals surface area contributed by atoms with E-state index in [1.807, 2.05) is 25.1 Å². The van der Waals surface area contributed by atoms with Crippen LogP contribution in [0, 0.1) is 6.92 Å². The van der Waals surface area contributed by atoms with Gasteiger partial charge in [-0.05, 0) is 49.4 Å². The van der Waals surface area contributed by atoms with Gasteiger partial charge in [0.25, 0.3) is 5.91 Å². The number of methoxy groups -OCH3 is 1. The first-order valence-electron chi connectivity index (χ1n) is 9.39. The molecular weight excluding hydrogens is 390 g/mol. The van der Waals surface area contributed by atoms with Crippen molar-refractivity contribution in [3.05, 3.63) is 53.7 Å². The predicted molar refractivity (Wildman–Crippen MR) is 114 cm³/mol. The number of hydrogen-bond donors (Lipinski definition) is 2. The van der Waals surface area contributed by atoms with Crippen LogP contribution in [0.3, 0.4) is 0 Å². The number of nitrogens with zero attached hydrogens (tertiary/aromatic N) is 1. The molecule has 0 aliphatic heterocycles. The number of benzene rings is 2. The fourth-order valence-corrected chi connectivity index (χ4v) is 4.78. The summed E-state index contributed by atoms with van der Waals surface area (Å²) in [7, 11) is -2.24. The summed E-state index contributed by atoms with van der Waals surface area (Å²) in [5, 5.41) is 3.81. The lowest BCUT2D eigenvalue weighted by molar-refractivity contribution is 0.102. The Morgan fingerprint density at radius 1 is 1.10 bits per heavy atom. The highest BCUT2D eigenvalue weighted by Crippen LogP contribution is 2.26. The average molecular weight is 416 g/mol. The number of aromatic amines is 1. The third-order valence-corrected chi connectivity index (χ3v) is 6.82. The molecule has 0 spiro atoms. The minimum absolute atomic E-state index is 0.0591.